The smallest absolute Gasteiger partial charge is 0.242 e. The summed E-state index contributed by atoms with van der Waals surface area (Å²) in [5, 5.41) is 5.87. The number of para-hydroxylation sites is 1. The van der Waals surface area contributed by atoms with Crippen molar-refractivity contribution in [2.24, 2.45) is 0 Å². The fraction of sp³-hybridized carbons (Fsp3) is 0.500. The van der Waals surface area contributed by atoms with Gasteiger partial charge in [-0.1, -0.05) is 25.1 Å². The molecule has 1 aromatic rings. The monoisotopic (exact) mass is 311 g/mol. The third kappa shape index (κ3) is 4.44. The van der Waals surface area contributed by atoms with Gasteiger partial charge in [0.2, 0.25) is 15.9 Å². The Labute approximate surface area is 125 Å². The van der Waals surface area contributed by atoms with Crippen molar-refractivity contribution >= 4 is 21.6 Å². The van der Waals surface area contributed by atoms with Crippen molar-refractivity contribution in [1.29, 1.82) is 0 Å². The van der Waals surface area contributed by atoms with Crippen molar-refractivity contribution in [1.82, 2.24) is 10.0 Å². The van der Waals surface area contributed by atoms with E-state index in [2.05, 4.69) is 15.4 Å². The number of anilines is 1. The third-order valence-corrected chi connectivity index (χ3v) is 4.87. The van der Waals surface area contributed by atoms with Crippen LogP contribution < -0.4 is 15.4 Å². The normalized spacial score (nSPS) is 17.7. The Morgan fingerprint density at radius 1 is 1.38 bits per heavy atom. The highest BCUT2D eigenvalue weighted by atomic mass is 32.2. The van der Waals surface area contributed by atoms with Crippen LogP contribution in [0.4, 0.5) is 5.69 Å². The van der Waals surface area contributed by atoms with E-state index < -0.39 is 10.0 Å². The van der Waals surface area contributed by atoms with E-state index in [9.17, 15) is 13.2 Å². The van der Waals surface area contributed by atoms with Crippen LogP contribution in [-0.2, 0) is 21.2 Å². The Hall–Kier alpha value is -1.60. The highest BCUT2D eigenvalue weighted by molar-refractivity contribution is 7.89. The Morgan fingerprint density at radius 2 is 2.14 bits per heavy atom. The molecule has 0 spiro atoms. The number of rotatable bonds is 6. The molecule has 1 amide bonds. The lowest BCUT2D eigenvalue weighted by Crippen LogP contribution is -2.44. The number of hydrogen-bond acceptors (Lipinski definition) is 4. The molecule has 0 fully saturated rings. The summed E-state index contributed by atoms with van der Waals surface area (Å²) >= 11 is 0. The summed E-state index contributed by atoms with van der Waals surface area (Å²) in [7, 11) is -3.29. The molecule has 1 atom stereocenters. The molecule has 3 N–H and O–H groups in total. The number of sulfonamides is 1. The Balaban J connectivity index is 1.83. The van der Waals surface area contributed by atoms with Gasteiger partial charge in [-0.25, -0.2) is 13.1 Å². The molecule has 0 saturated carbocycles. The van der Waals surface area contributed by atoms with Crippen LogP contribution in [0.1, 0.15) is 18.9 Å². The minimum absolute atomic E-state index is 0.101. The molecule has 1 heterocycles. The molecule has 2 rings (SSSR count). The van der Waals surface area contributed by atoms with Gasteiger partial charge in [-0.3, -0.25) is 4.79 Å². The van der Waals surface area contributed by atoms with Crippen molar-refractivity contribution < 1.29 is 13.2 Å². The van der Waals surface area contributed by atoms with Gasteiger partial charge in [-0.05, 0) is 24.5 Å². The fourth-order valence-corrected chi connectivity index (χ4v) is 3.31. The predicted octanol–water partition coefficient (Wildman–Crippen LogP) is 0.469. The molecular formula is C14H21N3O3S. The molecule has 116 valence electrons. The minimum atomic E-state index is -3.29. The van der Waals surface area contributed by atoms with Crippen molar-refractivity contribution in [3.05, 3.63) is 29.8 Å². The number of nitrogens with one attached hydrogen (secondary N) is 3. The van der Waals surface area contributed by atoms with Gasteiger partial charge >= 0.3 is 0 Å². The van der Waals surface area contributed by atoms with E-state index in [-0.39, 0.29) is 24.2 Å². The summed E-state index contributed by atoms with van der Waals surface area (Å²) in [4.78, 5) is 12.1. The Morgan fingerprint density at radius 3 is 2.90 bits per heavy atom. The minimum Gasteiger partial charge on any atom is -0.373 e. The van der Waals surface area contributed by atoms with Gasteiger partial charge < -0.3 is 10.6 Å². The number of carbonyl (C=O) groups is 1. The topological polar surface area (TPSA) is 87.3 Å². The molecule has 1 aliphatic rings. The highest BCUT2D eigenvalue weighted by Gasteiger charge is 2.23. The SMILES string of the molecule is CCNS(=O)(=O)CCNC(=O)C1CCc2ccccc2N1. The fourth-order valence-electron chi connectivity index (χ4n) is 2.36. The van der Waals surface area contributed by atoms with E-state index in [0.29, 0.717) is 13.0 Å². The van der Waals surface area contributed by atoms with Crippen molar-refractivity contribution in [3.63, 3.8) is 0 Å². The van der Waals surface area contributed by atoms with Gasteiger partial charge in [0.15, 0.2) is 0 Å². The molecule has 1 aromatic carbocycles. The zero-order valence-electron chi connectivity index (χ0n) is 12.1. The van der Waals surface area contributed by atoms with Crippen LogP contribution in [0.2, 0.25) is 0 Å². The lowest BCUT2D eigenvalue weighted by atomic mass is 9.98. The first kappa shape index (κ1) is 15.8. The van der Waals surface area contributed by atoms with E-state index in [1.54, 1.807) is 6.92 Å². The molecule has 6 nitrogen and oxygen atoms in total. The first-order valence-electron chi connectivity index (χ1n) is 7.11. The maximum atomic E-state index is 12.1. The molecular weight excluding hydrogens is 290 g/mol. The van der Waals surface area contributed by atoms with Gasteiger partial charge in [0.25, 0.3) is 0 Å². The average molecular weight is 311 g/mol. The number of fused-ring (bicyclic) bond motifs is 1. The first-order valence-corrected chi connectivity index (χ1v) is 8.76. The first-order chi connectivity index (χ1) is 10.0. The maximum Gasteiger partial charge on any atom is 0.242 e. The van der Waals surface area contributed by atoms with Gasteiger partial charge in [-0.15, -0.1) is 0 Å². The molecule has 0 aliphatic carbocycles. The van der Waals surface area contributed by atoms with E-state index in [1.165, 1.54) is 5.56 Å². The lowest BCUT2D eigenvalue weighted by Gasteiger charge is -2.26. The van der Waals surface area contributed by atoms with Crippen LogP contribution in [0, 0.1) is 0 Å². The van der Waals surface area contributed by atoms with Crippen LogP contribution >= 0.6 is 0 Å². The van der Waals surface area contributed by atoms with E-state index >= 15 is 0 Å². The lowest BCUT2D eigenvalue weighted by molar-refractivity contribution is -0.121. The standard InChI is InChI=1S/C14H21N3O3S/c1-2-16-21(19,20)10-9-15-14(18)13-8-7-11-5-3-4-6-12(11)17-13/h3-6,13,16-17H,2,7-10H2,1H3,(H,15,18). The Kier molecular flexibility index (Phi) is 5.19. The maximum absolute atomic E-state index is 12.1. The number of aryl methyl sites for hydroxylation is 1. The van der Waals surface area contributed by atoms with Crippen LogP contribution in [-0.4, -0.2) is 39.2 Å². The van der Waals surface area contributed by atoms with Crippen molar-refractivity contribution in [2.45, 2.75) is 25.8 Å². The van der Waals surface area contributed by atoms with Gasteiger partial charge in [0.1, 0.15) is 6.04 Å². The second kappa shape index (κ2) is 6.91. The molecule has 0 aromatic heterocycles. The number of carbonyl (C=O) groups excluding carboxylic acids is 1. The van der Waals surface area contributed by atoms with Crippen LogP contribution in [0.15, 0.2) is 24.3 Å². The second-order valence-corrected chi connectivity index (χ2v) is 6.93. The Bertz CT molecular complexity index is 601. The number of hydrogen-bond donors (Lipinski definition) is 3. The summed E-state index contributed by atoms with van der Waals surface area (Å²) in [6.45, 7) is 2.20. The van der Waals surface area contributed by atoms with Crippen LogP contribution in [0.5, 0.6) is 0 Å². The average Bonchev–Trinajstić information content (AvgIpc) is 2.46. The zero-order chi connectivity index (χ0) is 15.3. The number of benzene rings is 1. The van der Waals surface area contributed by atoms with Crippen LogP contribution in [0.25, 0.3) is 0 Å². The predicted molar refractivity (Wildman–Crippen MR) is 82.6 cm³/mol. The molecule has 7 heteroatoms. The van der Waals surface area contributed by atoms with Gasteiger partial charge in [-0.2, -0.15) is 0 Å². The molecule has 1 aliphatic heterocycles. The second-order valence-electron chi connectivity index (χ2n) is 5.00. The zero-order valence-corrected chi connectivity index (χ0v) is 12.9. The summed E-state index contributed by atoms with van der Waals surface area (Å²) < 4.78 is 25.3. The largest absolute Gasteiger partial charge is 0.373 e. The van der Waals surface area contributed by atoms with Crippen LogP contribution in [0.3, 0.4) is 0 Å². The molecule has 0 radical (unpaired) electrons. The summed E-state index contributed by atoms with van der Waals surface area (Å²) in [6, 6.07) is 7.59. The quantitative estimate of drug-likeness (QED) is 0.713. The summed E-state index contributed by atoms with van der Waals surface area (Å²) in [5.41, 5.74) is 2.18. The third-order valence-electron chi connectivity index (χ3n) is 3.40. The van der Waals surface area contributed by atoms with E-state index in [0.717, 1.165) is 12.1 Å². The number of amides is 1. The van der Waals surface area contributed by atoms with Gasteiger partial charge in [0.05, 0.1) is 5.75 Å². The van der Waals surface area contributed by atoms with Crippen molar-refractivity contribution in [2.75, 3.05) is 24.2 Å². The highest BCUT2D eigenvalue weighted by Crippen LogP contribution is 2.24. The molecule has 1 unspecified atom stereocenters. The van der Waals surface area contributed by atoms with E-state index in [4.69, 9.17) is 0 Å². The van der Waals surface area contributed by atoms with E-state index in [1.807, 2.05) is 24.3 Å². The molecule has 21 heavy (non-hydrogen) atoms. The molecule has 0 bridgehead atoms. The summed E-state index contributed by atoms with van der Waals surface area (Å²) in [5.74, 6) is -0.258. The van der Waals surface area contributed by atoms with Gasteiger partial charge in [0, 0.05) is 18.8 Å². The van der Waals surface area contributed by atoms with Crippen molar-refractivity contribution in [3.8, 4) is 0 Å². The summed E-state index contributed by atoms with van der Waals surface area (Å²) in [6.07, 6.45) is 1.56. The molecule has 0 saturated heterocycles.